The molecule has 0 radical (unpaired) electrons. The highest BCUT2D eigenvalue weighted by atomic mass is 16.5. The SMILES string of the molecule is C=C(C)CN1CCC(NC(=O)N[C@@H](C)CC[C@H]2CCCO2)CC1. The lowest BCUT2D eigenvalue weighted by Gasteiger charge is -2.32. The van der Waals surface area contributed by atoms with E-state index in [1.54, 1.807) is 0 Å². The Bertz CT molecular complexity index is 386. The molecule has 0 aromatic rings. The van der Waals surface area contributed by atoms with Crippen molar-refractivity contribution in [2.24, 2.45) is 0 Å². The molecule has 2 atom stereocenters. The van der Waals surface area contributed by atoms with Crippen molar-refractivity contribution in [3.8, 4) is 0 Å². The van der Waals surface area contributed by atoms with Gasteiger partial charge in [0.15, 0.2) is 0 Å². The van der Waals surface area contributed by atoms with E-state index in [1.165, 1.54) is 18.4 Å². The summed E-state index contributed by atoms with van der Waals surface area (Å²) < 4.78 is 5.63. The Morgan fingerprint density at radius 3 is 2.70 bits per heavy atom. The molecule has 2 heterocycles. The van der Waals surface area contributed by atoms with Gasteiger partial charge in [0.2, 0.25) is 0 Å². The van der Waals surface area contributed by atoms with Gasteiger partial charge in [-0.25, -0.2) is 4.79 Å². The molecule has 2 amide bonds. The molecule has 0 spiro atoms. The number of amides is 2. The Hall–Kier alpha value is -1.07. The van der Waals surface area contributed by atoms with E-state index in [4.69, 9.17) is 4.74 Å². The zero-order valence-electron chi connectivity index (χ0n) is 14.8. The minimum Gasteiger partial charge on any atom is -0.378 e. The monoisotopic (exact) mass is 323 g/mol. The van der Waals surface area contributed by atoms with Gasteiger partial charge in [0.25, 0.3) is 0 Å². The Kier molecular flexibility index (Phi) is 7.37. The highest BCUT2D eigenvalue weighted by Crippen LogP contribution is 2.17. The molecule has 2 N–H and O–H groups in total. The van der Waals surface area contributed by atoms with Gasteiger partial charge in [-0.3, -0.25) is 4.90 Å². The predicted molar refractivity (Wildman–Crippen MR) is 93.6 cm³/mol. The Morgan fingerprint density at radius 2 is 2.09 bits per heavy atom. The maximum Gasteiger partial charge on any atom is 0.315 e. The number of likely N-dealkylation sites (tertiary alicyclic amines) is 1. The molecule has 0 unspecified atom stereocenters. The fourth-order valence-electron chi connectivity index (χ4n) is 3.45. The summed E-state index contributed by atoms with van der Waals surface area (Å²) in [6, 6.07) is 0.465. The number of nitrogens with zero attached hydrogens (tertiary/aromatic N) is 1. The molecular formula is C18H33N3O2. The Labute approximate surface area is 140 Å². The van der Waals surface area contributed by atoms with Crippen LogP contribution < -0.4 is 10.6 Å². The highest BCUT2D eigenvalue weighted by Gasteiger charge is 2.21. The molecule has 2 aliphatic heterocycles. The molecule has 0 aromatic heterocycles. The minimum atomic E-state index is -0.0248. The van der Waals surface area contributed by atoms with Crippen LogP contribution in [0.2, 0.25) is 0 Å². The van der Waals surface area contributed by atoms with Gasteiger partial charge >= 0.3 is 6.03 Å². The lowest BCUT2D eigenvalue weighted by atomic mass is 10.0. The van der Waals surface area contributed by atoms with Gasteiger partial charge in [-0.1, -0.05) is 12.2 Å². The molecule has 0 aliphatic carbocycles. The van der Waals surface area contributed by atoms with Gasteiger partial charge in [0, 0.05) is 38.3 Å². The number of rotatable bonds is 7. The average molecular weight is 323 g/mol. The molecule has 132 valence electrons. The lowest BCUT2D eigenvalue weighted by Crippen LogP contribution is -2.49. The van der Waals surface area contributed by atoms with Crippen LogP contribution in [0.1, 0.15) is 52.4 Å². The van der Waals surface area contributed by atoms with E-state index in [0.29, 0.717) is 12.1 Å². The summed E-state index contributed by atoms with van der Waals surface area (Å²) in [5.74, 6) is 0. The number of hydrogen-bond donors (Lipinski definition) is 2. The average Bonchev–Trinajstić information content (AvgIpc) is 3.00. The van der Waals surface area contributed by atoms with Crippen LogP contribution in [0.5, 0.6) is 0 Å². The zero-order chi connectivity index (χ0) is 16.7. The zero-order valence-corrected chi connectivity index (χ0v) is 14.8. The van der Waals surface area contributed by atoms with E-state index in [2.05, 4.69) is 36.0 Å². The number of hydrogen-bond acceptors (Lipinski definition) is 3. The number of nitrogens with one attached hydrogen (secondary N) is 2. The van der Waals surface area contributed by atoms with Crippen molar-refractivity contribution in [1.82, 2.24) is 15.5 Å². The number of carbonyl (C=O) groups excluding carboxylic acids is 1. The molecule has 5 heteroatoms. The smallest absolute Gasteiger partial charge is 0.315 e. The third-order valence-corrected chi connectivity index (χ3v) is 4.74. The van der Waals surface area contributed by atoms with Crippen molar-refractivity contribution in [2.75, 3.05) is 26.2 Å². The molecule has 2 rings (SSSR count). The number of urea groups is 1. The fourth-order valence-corrected chi connectivity index (χ4v) is 3.45. The second kappa shape index (κ2) is 9.28. The molecule has 2 saturated heterocycles. The van der Waals surface area contributed by atoms with Gasteiger partial charge < -0.3 is 15.4 Å². The van der Waals surface area contributed by atoms with E-state index in [-0.39, 0.29) is 12.1 Å². The summed E-state index contributed by atoms with van der Waals surface area (Å²) in [5, 5.41) is 6.18. The van der Waals surface area contributed by atoms with Crippen molar-refractivity contribution in [2.45, 2.75) is 70.6 Å². The largest absolute Gasteiger partial charge is 0.378 e. The van der Waals surface area contributed by atoms with Crippen LogP contribution in [0.3, 0.4) is 0 Å². The van der Waals surface area contributed by atoms with Crippen molar-refractivity contribution < 1.29 is 9.53 Å². The third kappa shape index (κ3) is 6.92. The molecule has 0 bridgehead atoms. The summed E-state index contributed by atoms with van der Waals surface area (Å²) in [6.45, 7) is 12.0. The highest BCUT2D eigenvalue weighted by molar-refractivity contribution is 5.74. The third-order valence-electron chi connectivity index (χ3n) is 4.74. The van der Waals surface area contributed by atoms with E-state index in [9.17, 15) is 4.79 Å². The van der Waals surface area contributed by atoms with E-state index >= 15 is 0 Å². The first-order valence-electron chi connectivity index (χ1n) is 9.08. The van der Waals surface area contributed by atoms with Crippen LogP contribution in [0.25, 0.3) is 0 Å². The summed E-state index contributed by atoms with van der Waals surface area (Å²) in [7, 11) is 0. The molecule has 2 aliphatic rings. The van der Waals surface area contributed by atoms with Gasteiger partial charge in [0.1, 0.15) is 0 Å². The summed E-state index contributed by atoms with van der Waals surface area (Å²) in [4.78, 5) is 14.5. The quantitative estimate of drug-likeness (QED) is 0.708. The van der Waals surface area contributed by atoms with Gasteiger partial charge in [0.05, 0.1) is 6.10 Å². The summed E-state index contributed by atoms with van der Waals surface area (Å²) >= 11 is 0. The molecule has 23 heavy (non-hydrogen) atoms. The number of ether oxygens (including phenoxy) is 1. The van der Waals surface area contributed by atoms with Crippen LogP contribution in [0, 0.1) is 0 Å². The molecule has 2 fully saturated rings. The Morgan fingerprint density at radius 1 is 1.35 bits per heavy atom. The lowest BCUT2D eigenvalue weighted by molar-refractivity contribution is 0.100. The van der Waals surface area contributed by atoms with Crippen molar-refractivity contribution in [3.63, 3.8) is 0 Å². The van der Waals surface area contributed by atoms with Crippen molar-refractivity contribution in [1.29, 1.82) is 0 Å². The van der Waals surface area contributed by atoms with Gasteiger partial charge in [-0.15, -0.1) is 0 Å². The number of piperidine rings is 1. The van der Waals surface area contributed by atoms with Crippen LogP contribution in [-0.4, -0.2) is 55.4 Å². The van der Waals surface area contributed by atoms with E-state index in [0.717, 1.165) is 51.9 Å². The summed E-state index contributed by atoms with van der Waals surface area (Å²) in [5.41, 5.74) is 1.20. The van der Waals surface area contributed by atoms with Crippen molar-refractivity contribution in [3.05, 3.63) is 12.2 Å². The van der Waals surface area contributed by atoms with E-state index < -0.39 is 0 Å². The predicted octanol–water partition coefficient (Wildman–Crippen LogP) is 2.67. The van der Waals surface area contributed by atoms with E-state index in [1.807, 2.05) is 0 Å². The second-order valence-electron chi connectivity index (χ2n) is 7.24. The second-order valence-corrected chi connectivity index (χ2v) is 7.24. The number of carbonyl (C=O) groups is 1. The van der Waals surface area contributed by atoms with Crippen LogP contribution in [0.4, 0.5) is 4.79 Å². The molecular weight excluding hydrogens is 290 g/mol. The fraction of sp³-hybridized carbons (Fsp3) is 0.833. The molecule has 0 saturated carbocycles. The maximum atomic E-state index is 12.1. The standard InChI is InChI=1S/C18H33N3O2/c1-14(2)13-21-10-8-16(9-11-21)20-18(22)19-15(3)6-7-17-5-4-12-23-17/h15-17H,1,4-13H2,2-3H3,(H2,19,20,22)/t15-,17+/m0/s1. The maximum absolute atomic E-state index is 12.1. The first-order valence-corrected chi connectivity index (χ1v) is 9.08. The first-order chi connectivity index (χ1) is 11.0. The molecule has 5 nitrogen and oxygen atoms in total. The minimum absolute atomic E-state index is 0.0248. The summed E-state index contributed by atoms with van der Waals surface area (Å²) in [6.07, 6.45) is 6.81. The normalized spacial score (nSPS) is 24.3. The van der Waals surface area contributed by atoms with Gasteiger partial charge in [-0.05, 0) is 52.4 Å². The van der Waals surface area contributed by atoms with Crippen LogP contribution >= 0.6 is 0 Å². The first kappa shape index (κ1) is 18.3. The van der Waals surface area contributed by atoms with Crippen molar-refractivity contribution >= 4 is 6.03 Å². The van der Waals surface area contributed by atoms with Crippen LogP contribution in [0.15, 0.2) is 12.2 Å². The molecule has 0 aromatic carbocycles. The van der Waals surface area contributed by atoms with Crippen LogP contribution in [-0.2, 0) is 4.74 Å². The topological polar surface area (TPSA) is 53.6 Å². The van der Waals surface area contributed by atoms with Gasteiger partial charge in [-0.2, -0.15) is 0 Å². The Balaban J connectivity index is 1.58.